The molecule has 1 aromatic rings. The molecule has 1 nitrogen and oxygen atoms in total. The third-order valence-corrected chi connectivity index (χ3v) is 2.11. The average molecular weight is 177 g/mol. The zero-order valence-electron chi connectivity index (χ0n) is 8.80. The van der Waals surface area contributed by atoms with Gasteiger partial charge < -0.3 is 5.73 Å². The lowest BCUT2D eigenvalue weighted by Crippen LogP contribution is -2.06. The third-order valence-electron chi connectivity index (χ3n) is 2.11. The Kier molecular flexibility index (Phi) is 2.97. The van der Waals surface area contributed by atoms with Crippen molar-refractivity contribution in [3.8, 4) is 0 Å². The molecule has 72 valence electrons. The van der Waals surface area contributed by atoms with E-state index in [-0.39, 0.29) is 0 Å². The van der Waals surface area contributed by atoms with E-state index in [2.05, 4.69) is 32.9 Å². The summed E-state index contributed by atoms with van der Waals surface area (Å²) in [7, 11) is 0. The Balaban J connectivity index is 2.55. The first kappa shape index (κ1) is 10.1. The molecule has 0 unspecified atom stereocenters. The molecular formula is C12H19N. The summed E-state index contributed by atoms with van der Waals surface area (Å²) in [6.45, 7) is 6.79. The summed E-state index contributed by atoms with van der Waals surface area (Å²) in [4.78, 5) is 0. The van der Waals surface area contributed by atoms with Crippen LogP contribution < -0.4 is 5.73 Å². The molecule has 0 radical (unpaired) electrons. The van der Waals surface area contributed by atoms with E-state index < -0.39 is 0 Å². The smallest absolute Gasteiger partial charge is 0.0316 e. The minimum atomic E-state index is 0.407. The summed E-state index contributed by atoms with van der Waals surface area (Å²) < 4.78 is 0. The molecular weight excluding hydrogens is 158 g/mol. The monoisotopic (exact) mass is 177 g/mol. The predicted molar refractivity (Wildman–Crippen MR) is 58.6 cm³/mol. The molecule has 0 atom stereocenters. The highest BCUT2D eigenvalue weighted by molar-refractivity contribution is 5.40. The van der Waals surface area contributed by atoms with Crippen molar-refractivity contribution < 1.29 is 0 Å². The molecule has 1 heteroatoms. The van der Waals surface area contributed by atoms with Crippen LogP contribution in [-0.2, 0) is 6.42 Å². The van der Waals surface area contributed by atoms with Crippen LogP contribution >= 0.6 is 0 Å². The first-order chi connectivity index (χ1) is 5.97. The van der Waals surface area contributed by atoms with E-state index in [1.807, 2.05) is 12.1 Å². The normalized spacial score (nSPS) is 11.6. The van der Waals surface area contributed by atoms with Gasteiger partial charge in [-0.1, -0.05) is 32.9 Å². The topological polar surface area (TPSA) is 26.0 Å². The van der Waals surface area contributed by atoms with Gasteiger partial charge in [-0.15, -0.1) is 0 Å². The fourth-order valence-corrected chi connectivity index (χ4v) is 1.27. The molecule has 13 heavy (non-hydrogen) atoms. The lowest BCUT2D eigenvalue weighted by Gasteiger charge is -2.17. The van der Waals surface area contributed by atoms with E-state index in [0.717, 1.165) is 12.1 Å². The first-order valence-corrected chi connectivity index (χ1v) is 4.82. The molecule has 0 fully saturated rings. The molecule has 0 saturated carbocycles. The van der Waals surface area contributed by atoms with Gasteiger partial charge >= 0.3 is 0 Å². The Hall–Kier alpha value is -0.980. The standard InChI is InChI=1S/C12H19N/c1-12(2,3)8-7-10-5-4-6-11(13)9-10/h4-6,9H,7-8,13H2,1-3H3. The van der Waals surface area contributed by atoms with Gasteiger partial charge in [-0.05, 0) is 36.0 Å². The van der Waals surface area contributed by atoms with E-state index in [4.69, 9.17) is 5.73 Å². The lowest BCUT2D eigenvalue weighted by atomic mass is 9.89. The summed E-state index contributed by atoms with van der Waals surface area (Å²) in [5, 5.41) is 0. The van der Waals surface area contributed by atoms with Crippen LogP contribution in [0.15, 0.2) is 24.3 Å². The Labute approximate surface area is 81.0 Å². The number of nitrogen functional groups attached to an aromatic ring is 1. The van der Waals surface area contributed by atoms with Crippen LogP contribution in [0.3, 0.4) is 0 Å². The Morgan fingerprint density at radius 2 is 1.92 bits per heavy atom. The van der Waals surface area contributed by atoms with Crippen LogP contribution in [0.5, 0.6) is 0 Å². The number of hydrogen-bond donors (Lipinski definition) is 1. The van der Waals surface area contributed by atoms with Crippen molar-refractivity contribution in [2.45, 2.75) is 33.6 Å². The highest BCUT2D eigenvalue weighted by Gasteiger charge is 2.09. The Bertz CT molecular complexity index is 271. The maximum atomic E-state index is 5.70. The molecule has 0 spiro atoms. The van der Waals surface area contributed by atoms with Crippen LogP contribution in [0.4, 0.5) is 5.69 Å². The molecule has 0 bridgehead atoms. The van der Waals surface area contributed by atoms with Crippen LogP contribution in [0, 0.1) is 5.41 Å². The second kappa shape index (κ2) is 3.82. The van der Waals surface area contributed by atoms with Gasteiger partial charge in [-0.2, -0.15) is 0 Å². The predicted octanol–water partition coefficient (Wildman–Crippen LogP) is 3.25. The zero-order valence-corrected chi connectivity index (χ0v) is 8.80. The number of benzene rings is 1. The van der Waals surface area contributed by atoms with Gasteiger partial charge in [0, 0.05) is 5.69 Å². The van der Waals surface area contributed by atoms with E-state index in [1.165, 1.54) is 12.0 Å². The van der Waals surface area contributed by atoms with Crippen LogP contribution in [0.2, 0.25) is 0 Å². The third kappa shape index (κ3) is 3.97. The largest absolute Gasteiger partial charge is 0.399 e. The maximum Gasteiger partial charge on any atom is 0.0316 e. The molecule has 0 saturated heterocycles. The van der Waals surface area contributed by atoms with E-state index in [0.29, 0.717) is 5.41 Å². The fourth-order valence-electron chi connectivity index (χ4n) is 1.27. The summed E-state index contributed by atoms with van der Waals surface area (Å²) in [5.74, 6) is 0. The molecule has 0 aliphatic heterocycles. The van der Waals surface area contributed by atoms with Crippen molar-refractivity contribution in [2.75, 3.05) is 5.73 Å². The average Bonchev–Trinajstić information content (AvgIpc) is 2.00. The van der Waals surface area contributed by atoms with Gasteiger partial charge in [-0.3, -0.25) is 0 Å². The van der Waals surface area contributed by atoms with Crippen molar-refractivity contribution in [3.05, 3.63) is 29.8 Å². The second-order valence-electron chi connectivity index (χ2n) is 4.81. The minimum Gasteiger partial charge on any atom is -0.399 e. The van der Waals surface area contributed by atoms with E-state index >= 15 is 0 Å². The number of anilines is 1. The molecule has 1 rings (SSSR count). The SMILES string of the molecule is CC(C)(C)CCc1cccc(N)c1. The molecule has 2 N–H and O–H groups in total. The van der Waals surface area contributed by atoms with Crippen molar-refractivity contribution in [1.82, 2.24) is 0 Å². The van der Waals surface area contributed by atoms with Crippen LogP contribution in [0.1, 0.15) is 32.8 Å². The zero-order chi connectivity index (χ0) is 9.90. The van der Waals surface area contributed by atoms with Crippen molar-refractivity contribution >= 4 is 5.69 Å². The first-order valence-electron chi connectivity index (χ1n) is 4.82. The van der Waals surface area contributed by atoms with Gasteiger partial charge in [0.2, 0.25) is 0 Å². The molecule has 0 amide bonds. The second-order valence-corrected chi connectivity index (χ2v) is 4.81. The van der Waals surface area contributed by atoms with Gasteiger partial charge in [-0.25, -0.2) is 0 Å². The maximum absolute atomic E-state index is 5.70. The Morgan fingerprint density at radius 1 is 1.23 bits per heavy atom. The lowest BCUT2D eigenvalue weighted by molar-refractivity contribution is 0.378. The summed E-state index contributed by atoms with van der Waals surface area (Å²) in [5.41, 5.74) is 8.31. The van der Waals surface area contributed by atoms with Crippen LogP contribution in [-0.4, -0.2) is 0 Å². The van der Waals surface area contributed by atoms with Gasteiger partial charge in [0.05, 0.1) is 0 Å². The minimum absolute atomic E-state index is 0.407. The number of hydrogen-bond acceptors (Lipinski definition) is 1. The van der Waals surface area contributed by atoms with Gasteiger partial charge in [0.15, 0.2) is 0 Å². The summed E-state index contributed by atoms with van der Waals surface area (Å²) in [6.07, 6.45) is 2.32. The summed E-state index contributed by atoms with van der Waals surface area (Å²) >= 11 is 0. The molecule has 0 heterocycles. The number of rotatable bonds is 2. The quantitative estimate of drug-likeness (QED) is 0.689. The van der Waals surface area contributed by atoms with E-state index in [9.17, 15) is 0 Å². The highest BCUT2D eigenvalue weighted by atomic mass is 14.5. The van der Waals surface area contributed by atoms with Crippen LogP contribution in [0.25, 0.3) is 0 Å². The Morgan fingerprint density at radius 3 is 2.46 bits per heavy atom. The fraction of sp³-hybridized carbons (Fsp3) is 0.500. The van der Waals surface area contributed by atoms with Crippen molar-refractivity contribution in [1.29, 1.82) is 0 Å². The molecule has 0 aromatic heterocycles. The number of aryl methyl sites for hydroxylation is 1. The highest BCUT2D eigenvalue weighted by Crippen LogP contribution is 2.21. The molecule has 0 aliphatic carbocycles. The van der Waals surface area contributed by atoms with Crippen molar-refractivity contribution in [3.63, 3.8) is 0 Å². The van der Waals surface area contributed by atoms with Gasteiger partial charge in [0.1, 0.15) is 0 Å². The van der Waals surface area contributed by atoms with E-state index in [1.54, 1.807) is 0 Å². The van der Waals surface area contributed by atoms with Crippen molar-refractivity contribution in [2.24, 2.45) is 5.41 Å². The molecule has 1 aromatic carbocycles. The molecule has 0 aliphatic rings. The summed E-state index contributed by atoms with van der Waals surface area (Å²) in [6, 6.07) is 8.15. The number of nitrogens with two attached hydrogens (primary N) is 1. The van der Waals surface area contributed by atoms with Gasteiger partial charge in [0.25, 0.3) is 0 Å².